The average molecular weight is 273 g/mol. The molecule has 0 aromatic heterocycles. The van der Waals surface area contributed by atoms with Gasteiger partial charge in [0.2, 0.25) is 11.8 Å². The third-order valence-corrected chi connectivity index (χ3v) is 3.07. The fraction of sp³-hybridized carbons (Fsp3) is 0.833. The number of β-amino-alcohol motifs (C(OH)–C–C–N with tert-alkyl or cyclic N) is 2. The van der Waals surface area contributed by atoms with Crippen molar-refractivity contribution in [2.75, 3.05) is 39.8 Å². The number of nitrogens with one attached hydrogen (secondary N) is 1. The van der Waals surface area contributed by atoms with Gasteiger partial charge in [0.05, 0.1) is 25.3 Å². The quantitative estimate of drug-likeness (QED) is 0.521. The molecule has 0 radical (unpaired) electrons. The van der Waals surface area contributed by atoms with Crippen LogP contribution in [0.25, 0.3) is 0 Å². The molecular weight excluding hydrogens is 250 g/mol. The highest BCUT2D eigenvalue weighted by atomic mass is 16.3. The maximum Gasteiger partial charge on any atom is 0.239 e. The normalized spacial score (nSPS) is 23.4. The average Bonchev–Trinajstić information content (AvgIpc) is 2.65. The Kier molecular flexibility index (Phi) is 6.20. The van der Waals surface area contributed by atoms with E-state index in [1.165, 1.54) is 4.90 Å². The van der Waals surface area contributed by atoms with Crippen LogP contribution in [0.15, 0.2) is 0 Å². The molecule has 1 aliphatic rings. The van der Waals surface area contributed by atoms with Crippen molar-refractivity contribution >= 4 is 11.8 Å². The summed E-state index contributed by atoms with van der Waals surface area (Å²) < 4.78 is 0. The predicted octanol–water partition coefficient (Wildman–Crippen LogP) is -1.99. The van der Waals surface area contributed by atoms with Crippen LogP contribution in [-0.4, -0.2) is 83.8 Å². The van der Waals surface area contributed by atoms with E-state index in [0.717, 1.165) is 6.42 Å². The molecule has 3 N–H and O–H groups in total. The number of hydrogen-bond donors (Lipinski definition) is 3. The van der Waals surface area contributed by atoms with E-state index in [1.54, 1.807) is 11.9 Å². The van der Waals surface area contributed by atoms with E-state index >= 15 is 0 Å². The lowest BCUT2D eigenvalue weighted by Gasteiger charge is -2.20. The van der Waals surface area contributed by atoms with E-state index in [1.807, 2.05) is 6.92 Å². The SMILES string of the molecule is CCCNC(=O)CN(C)C(=O)CN1C[C@@H](O)[C@@H](O)C1. The first-order valence-corrected chi connectivity index (χ1v) is 6.53. The van der Waals surface area contributed by atoms with Crippen LogP contribution in [0.2, 0.25) is 0 Å². The minimum absolute atomic E-state index is 0.0256. The highest BCUT2D eigenvalue weighted by molar-refractivity contribution is 5.85. The van der Waals surface area contributed by atoms with Crippen LogP contribution in [0.4, 0.5) is 0 Å². The Hall–Kier alpha value is -1.18. The van der Waals surface area contributed by atoms with Crippen LogP contribution in [0.5, 0.6) is 0 Å². The van der Waals surface area contributed by atoms with Crippen LogP contribution in [0, 0.1) is 0 Å². The summed E-state index contributed by atoms with van der Waals surface area (Å²) >= 11 is 0. The molecule has 2 atom stereocenters. The van der Waals surface area contributed by atoms with Crippen LogP contribution in [0.3, 0.4) is 0 Å². The fourth-order valence-corrected chi connectivity index (χ4v) is 1.91. The Bertz CT molecular complexity index is 314. The highest BCUT2D eigenvalue weighted by Gasteiger charge is 2.31. The van der Waals surface area contributed by atoms with Crippen molar-refractivity contribution < 1.29 is 19.8 Å². The second kappa shape index (κ2) is 7.42. The number of hydrogen-bond acceptors (Lipinski definition) is 5. The van der Waals surface area contributed by atoms with Gasteiger partial charge in [-0.05, 0) is 6.42 Å². The number of carbonyl (C=O) groups excluding carboxylic acids is 2. The third-order valence-electron chi connectivity index (χ3n) is 3.07. The van der Waals surface area contributed by atoms with E-state index in [-0.39, 0.29) is 38.0 Å². The lowest BCUT2D eigenvalue weighted by Crippen LogP contribution is -2.43. The first kappa shape index (κ1) is 15.9. The third kappa shape index (κ3) is 5.14. The van der Waals surface area contributed by atoms with Gasteiger partial charge in [0.15, 0.2) is 0 Å². The molecule has 0 aromatic carbocycles. The minimum atomic E-state index is -0.800. The van der Waals surface area contributed by atoms with Gasteiger partial charge in [-0.25, -0.2) is 0 Å². The van der Waals surface area contributed by atoms with Crippen molar-refractivity contribution in [2.45, 2.75) is 25.6 Å². The zero-order valence-corrected chi connectivity index (χ0v) is 11.5. The van der Waals surface area contributed by atoms with Crippen molar-refractivity contribution in [3.8, 4) is 0 Å². The van der Waals surface area contributed by atoms with E-state index < -0.39 is 12.2 Å². The van der Waals surface area contributed by atoms with Gasteiger partial charge in [-0.3, -0.25) is 14.5 Å². The van der Waals surface area contributed by atoms with Crippen LogP contribution in [0.1, 0.15) is 13.3 Å². The molecule has 110 valence electrons. The summed E-state index contributed by atoms with van der Waals surface area (Å²) in [6, 6.07) is 0. The topological polar surface area (TPSA) is 93.1 Å². The largest absolute Gasteiger partial charge is 0.389 e. The first-order valence-electron chi connectivity index (χ1n) is 6.53. The Labute approximate surface area is 113 Å². The number of aliphatic hydroxyl groups is 2. The van der Waals surface area contributed by atoms with Gasteiger partial charge in [0, 0.05) is 26.7 Å². The van der Waals surface area contributed by atoms with E-state index in [0.29, 0.717) is 6.54 Å². The smallest absolute Gasteiger partial charge is 0.239 e. The molecule has 1 rings (SSSR count). The van der Waals surface area contributed by atoms with Gasteiger partial charge in [-0.2, -0.15) is 0 Å². The molecule has 0 bridgehead atoms. The van der Waals surface area contributed by atoms with Crippen molar-refractivity contribution in [1.29, 1.82) is 0 Å². The molecule has 0 aliphatic carbocycles. The number of amides is 2. The second-order valence-electron chi connectivity index (χ2n) is 4.93. The summed E-state index contributed by atoms with van der Waals surface area (Å²) in [5, 5.41) is 21.5. The summed E-state index contributed by atoms with van der Waals surface area (Å²) in [6.07, 6.45) is -0.746. The molecule has 2 amide bonds. The number of likely N-dealkylation sites (tertiary alicyclic amines) is 1. The highest BCUT2D eigenvalue weighted by Crippen LogP contribution is 2.09. The molecule has 0 spiro atoms. The number of aliphatic hydroxyl groups excluding tert-OH is 2. The lowest BCUT2D eigenvalue weighted by molar-refractivity contribution is -0.135. The van der Waals surface area contributed by atoms with Crippen LogP contribution in [-0.2, 0) is 9.59 Å². The maximum atomic E-state index is 11.9. The van der Waals surface area contributed by atoms with E-state index in [4.69, 9.17) is 0 Å². The van der Waals surface area contributed by atoms with Crippen molar-refractivity contribution in [3.05, 3.63) is 0 Å². The second-order valence-corrected chi connectivity index (χ2v) is 4.93. The molecule has 19 heavy (non-hydrogen) atoms. The van der Waals surface area contributed by atoms with E-state index in [9.17, 15) is 19.8 Å². The van der Waals surface area contributed by atoms with Gasteiger partial charge < -0.3 is 20.4 Å². The number of nitrogens with zero attached hydrogens (tertiary/aromatic N) is 2. The lowest BCUT2D eigenvalue weighted by atomic mass is 10.3. The number of carbonyl (C=O) groups is 2. The molecular formula is C12H23N3O4. The van der Waals surface area contributed by atoms with Crippen molar-refractivity contribution in [3.63, 3.8) is 0 Å². The molecule has 7 heteroatoms. The Morgan fingerprint density at radius 3 is 2.42 bits per heavy atom. The molecule has 1 saturated heterocycles. The standard InChI is InChI=1S/C12H23N3O4/c1-3-4-13-11(18)7-14(2)12(19)8-15-5-9(16)10(17)6-15/h9-10,16-17H,3-8H2,1-2H3,(H,13,18)/t9-,10+. The summed E-state index contributed by atoms with van der Waals surface area (Å²) in [6.45, 7) is 3.25. The van der Waals surface area contributed by atoms with Gasteiger partial charge in [0.25, 0.3) is 0 Å². The Morgan fingerprint density at radius 2 is 1.89 bits per heavy atom. The van der Waals surface area contributed by atoms with Crippen molar-refractivity contribution in [1.82, 2.24) is 15.1 Å². The predicted molar refractivity (Wildman–Crippen MR) is 69.4 cm³/mol. The first-order chi connectivity index (χ1) is 8.93. The van der Waals surface area contributed by atoms with Gasteiger partial charge in [0.1, 0.15) is 0 Å². The van der Waals surface area contributed by atoms with Crippen molar-refractivity contribution in [2.24, 2.45) is 0 Å². The summed E-state index contributed by atoms with van der Waals surface area (Å²) in [5.41, 5.74) is 0. The molecule has 0 saturated carbocycles. The summed E-state index contributed by atoms with van der Waals surface area (Å²) in [7, 11) is 1.57. The molecule has 0 aromatic rings. The fourth-order valence-electron chi connectivity index (χ4n) is 1.91. The van der Waals surface area contributed by atoms with Crippen LogP contribution < -0.4 is 5.32 Å². The molecule has 1 heterocycles. The van der Waals surface area contributed by atoms with Gasteiger partial charge >= 0.3 is 0 Å². The van der Waals surface area contributed by atoms with Gasteiger partial charge in [-0.15, -0.1) is 0 Å². The maximum absolute atomic E-state index is 11.9. The van der Waals surface area contributed by atoms with Gasteiger partial charge in [-0.1, -0.05) is 6.92 Å². The molecule has 7 nitrogen and oxygen atoms in total. The number of likely N-dealkylation sites (N-methyl/N-ethyl adjacent to an activating group) is 1. The Morgan fingerprint density at radius 1 is 1.32 bits per heavy atom. The zero-order chi connectivity index (χ0) is 14.4. The van der Waals surface area contributed by atoms with E-state index in [2.05, 4.69) is 5.32 Å². The number of rotatable bonds is 6. The van der Waals surface area contributed by atoms with Crippen LogP contribution >= 0.6 is 0 Å². The minimum Gasteiger partial charge on any atom is -0.389 e. The summed E-state index contributed by atoms with van der Waals surface area (Å²) in [4.78, 5) is 26.4. The molecule has 1 aliphatic heterocycles. The Balaban J connectivity index is 2.31. The monoisotopic (exact) mass is 273 g/mol. The molecule has 0 unspecified atom stereocenters. The zero-order valence-electron chi connectivity index (χ0n) is 11.5. The molecule has 1 fully saturated rings. The summed E-state index contributed by atoms with van der Waals surface area (Å²) in [5.74, 6) is -0.382.